The number of H-pyrrole nitrogens is 1. The Morgan fingerprint density at radius 2 is 2.33 bits per heavy atom. The predicted octanol–water partition coefficient (Wildman–Crippen LogP) is -0.352. The third-order valence-electron chi connectivity index (χ3n) is 2.93. The molecule has 1 aromatic rings. The fourth-order valence-electron chi connectivity index (χ4n) is 1.59. The van der Waals surface area contributed by atoms with Crippen molar-refractivity contribution in [3.8, 4) is 0 Å². The fourth-order valence-corrected chi connectivity index (χ4v) is 1.59. The van der Waals surface area contributed by atoms with Crippen molar-refractivity contribution in [2.75, 3.05) is 13.1 Å². The van der Waals surface area contributed by atoms with Gasteiger partial charge in [0, 0.05) is 0 Å². The molecule has 1 aliphatic heterocycles. The molecule has 0 aliphatic carbocycles. The Kier molecular flexibility index (Phi) is 2.22. The number of nitrogens with zero attached hydrogens (tertiary/aromatic N) is 3. The van der Waals surface area contributed by atoms with Crippen LogP contribution in [0.5, 0.6) is 0 Å². The third-order valence-corrected chi connectivity index (χ3v) is 2.93. The lowest BCUT2D eigenvalue weighted by atomic mass is 9.83. The van der Waals surface area contributed by atoms with Crippen molar-refractivity contribution in [3.63, 3.8) is 0 Å². The molecule has 0 unspecified atom stereocenters. The molecule has 1 aliphatic rings. The maximum absolute atomic E-state index is 11.7. The largest absolute Gasteiger partial charge is 0.386 e. The molecule has 6 nitrogen and oxygen atoms in total. The van der Waals surface area contributed by atoms with Crippen molar-refractivity contribution in [1.29, 1.82) is 0 Å². The molecule has 0 radical (unpaired) electrons. The number of β-amino-alcohol motifs (C(OH)–C–C–N with tert-alkyl or cyclic N) is 1. The zero-order chi connectivity index (χ0) is 11.1. The number of aliphatic hydroxyl groups is 1. The van der Waals surface area contributed by atoms with Gasteiger partial charge in [0.2, 0.25) is 0 Å². The quantitative estimate of drug-likeness (QED) is 0.699. The number of rotatable bonds is 2. The molecule has 0 bridgehead atoms. The topological polar surface area (TPSA) is 82.1 Å². The molecule has 1 saturated heterocycles. The van der Waals surface area contributed by atoms with Crippen LogP contribution in [0.1, 0.15) is 24.3 Å². The van der Waals surface area contributed by atoms with E-state index in [1.54, 1.807) is 4.90 Å². The van der Waals surface area contributed by atoms with Crippen LogP contribution in [0.3, 0.4) is 0 Å². The molecule has 1 amide bonds. The van der Waals surface area contributed by atoms with Crippen LogP contribution in [0.2, 0.25) is 0 Å². The lowest BCUT2D eigenvalue weighted by Crippen LogP contribution is -2.66. The summed E-state index contributed by atoms with van der Waals surface area (Å²) in [7, 11) is 0. The number of hydrogen-bond donors (Lipinski definition) is 2. The van der Waals surface area contributed by atoms with Gasteiger partial charge in [-0.05, 0) is 5.92 Å². The highest BCUT2D eigenvalue weighted by atomic mass is 16.3. The summed E-state index contributed by atoms with van der Waals surface area (Å²) in [4.78, 5) is 13.3. The van der Waals surface area contributed by atoms with E-state index in [4.69, 9.17) is 0 Å². The van der Waals surface area contributed by atoms with Gasteiger partial charge < -0.3 is 10.0 Å². The van der Waals surface area contributed by atoms with Gasteiger partial charge in [0.15, 0.2) is 5.69 Å². The Hall–Kier alpha value is -1.43. The van der Waals surface area contributed by atoms with Gasteiger partial charge in [0.05, 0.1) is 19.3 Å². The Labute approximate surface area is 87.3 Å². The Morgan fingerprint density at radius 1 is 1.67 bits per heavy atom. The normalized spacial score (nSPS) is 19.1. The molecule has 1 fully saturated rings. The van der Waals surface area contributed by atoms with Gasteiger partial charge in [-0.3, -0.25) is 4.79 Å². The minimum absolute atomic E-state index is 0.152. The summed E-state index contributed by atoms with van der Waals surface area (Å²) >= 11 is 0. The Bertz CT molecular complexity index is 354. The second-order valence-electron chi connectivity index (χ2n) is 4.27. The molecule has 0 saturated carbocycles. The molecule has 0 spiro atoms. The van der Waals surface area contributed by atoms with E-state index in [0.29, 0.717) is 18.8 Å². The highest BCUT2D eigenvalue weighted by Crippen LogP contribution is 2.29. The lowest BCUT2D eigenvalue weighted by molar-refractivity contribution is -0.111. The molecule has 2 heterocycles. The average molecular weight is 210 g/mol. The lowest BCUT2D eigenvalue weighted by Gasteiger charge is -2.48. The summed E-state index contributed by atoms with van der Waals surface area (Å²) in [6, 6.07) is 0. The first kappa shape index (κ1) is 10.1. The maximum atomic E-state index is 11.7. The number of carbonyl (C=O) groups is 1. The molecule has 0 atom stereocenters. The number of nitrogens with one attached hydrogen (secondary N) is 1. The smallest absolute Gasteiger partial charge is 0.276 e. The van der Waals surface area contributed by atoms with Crippen LogP contribution in [0.25, 0.3) is 0 Å². The molecular formula is C9H14N4O2. The monoisotopic (exact) mass is 210 g/mol. The highest BCUT2D eigenvalue weighted by Gasteiger charge is 2.46. The first-order chi connectivity index (χ1) is 7.03. The SMILES string of the molecule is CC(C)C1(O)CN(C(=O)c2cn[nH]n2)C1. The number of carbonyl (C=O) groups excluding carboxylic acids is 1. The van der Waals surface area contributed by atoms with Crippen molar-refractivity contribution in [1.82, 2.24) is 20.3 Å². The van der Waals surface area contributed by atoms with E-state index in [2.05, 4.69) is 15.4 Å². The van der Waals surface area contributed by atoms with Gasteiger partial charge in [0.25, 0.3) is 5.91 Å². The predicted molar refractivity (Wildman–Crippen MR) is 52.1 cm³/mol. The molecule has 6 heteroatoms. The summed E-state index contributed by atoms with van der Waals surface area (Å²) in [6.07, 6.45) is 1.38. The van der Waals surface area contributed by atoms with Crippen LogP contribution in [-0.2, 0) is 0 Å². The van der Waals surface area contributed by atoms with E-state index in [0.717, 1.165) is 0 Å². The first-order valence-corrected chi connectivity index (χ1v) is 4.90. The number of aromatic amines is 1. The van der Waals surface area contributed by atoms with Crippen molar-refractivity contribution in [2.45, 2.75) is 19.4 Å². The summed E-state index contributed by atoms with van der Waals surface area (Å²) in [5.74, 6) is -0.0343. The molecule has 82 valence electrons. The van der Waals surface area contributed by atoms with Crippen LogP contribution in [-0.4, -0.2) is 50.0 Å². The fraction of sp³-hybridized carbons (Fsp3) is 0.667. The van der Waals surface area contributed by atoms with E-state index >= 15 is 0 Å². The number of amides is 1. The van der Waals surface area contributed by atoms with Crippen molar-refractivity contribution in [3.05, 3.63) is 11.9 Å². The van der Waals surface area contributed by atoms with Gasteiger partial charge >= 0.3 is 0 Å². The van der Waals surface area contributed by atoms with Crippen LogP contribution in [0.15, 0.2) is 6.20 Å². The van der Waals surface area contributed by atoms with E-state index in [-0.39, 0.29) is 11.8 Å². The Balaban J connectivity index is 1.98. The average Bonchev–Trinajstić information content (AvgIpc) is 2.64. The third kappa shape index (κ3) is 1.61. The minimum atomic E-state index is -0.737. The molecule has 1 aromatic heterocycles. The molecule has 2 N–H and O–H groups in total. The summed E-state index contributed by atoms with van der Waals surface area (Å²) in [5, 5.41) is 19.6. The van der Waals surface area contributed by atoms with Crippen molar-refractivity contribution < 1.29 is 9.90 Å². The zero-order valence-electron chi connectivity index (χ0n) is 8.77. The van der Waals surface area contributed by atoms with Gasteiger partial charge in [0.1, 0.15) is 5.60 Å². The molecular weight excluding hydrogens is 196 g/mol. The van der Waals surface area contributed by atoms with Crippen LogP contribution in [0.4, 0.5) is 0 Å². The van der Waals surface area contributed by atoms with Crippen LogP contribution < -0.4 is 0 Å². The van der Waals surface area contributed by atoms with Crippen LogP contribution >= 0.6 is 0 Å². The van der Waals surface area contributed by atoms with Gasteiger partial charge in [-0.2, -0.15) is 15.4 Å². The van der Waals surface area contributed by atoms with E-state index in [1.807, 2.05) is 13.8 Å². The van der Waals surface area contributed by atoms with Crippen molar-refractivity contribution >= 4 is 5.91 Å². The van der Waals surface area contributed by atoms with Crippen molar-refractivity contribution in [2.24, 2.45) is 5.92 Å². The minimum Gasteiger partial charge on any atom is -0.386 e. The summed E-state index contributed by atoms with van der Waals surface area (Å²) in [6.45, 7) is 4.63. The maximum Gasteiger partial charge on any atom is 0.276 e. The molecule has 15 heavy (non-hydrogen) atoms. The second kappa shape index (κ2) is 3.30. The summed E-state index contributed by atoms with van der Waals surface area (Å²) in [5.41, 5.74) is -0.444. The zero-order valence-corrected chi connectivity index (χ0v) is 8.77. The Morgan fingerprint density at radius 3 is 2.80 bits per heavy atom. The van der Waals surface area contributed by atoms with Gasteiger partial charge in [-0.1, -0.05) is 13.8 Å². The standard InChI is InChI=1S/C9H14N4O2/c1-6(2)9(15)4-13(5-9)8(14)7-3-10-12-11-7/h3,6,15H,4-5H2,1-2H3,(H,10,11,12). The van der Waals surface area contributed by atoms with E-state index in [1.165, 1.54) is 6.20 Å². The first-order valence-electron chi connectivity index (χ1n) is 4.90. The van der Waals surface area contributed by atoms with E-state index < -0.39 is 5.60 Å². The summed E-state index contributed by atoms with van der Waals surface area (Å²) < 4.78 is 0. The molecule has 2 rings (SSSR count). The number of aromatic nitrogens is 3. The number of likely N-dealkylation sites (tertiary alicyclic amines) is 1. The van der Waals surface area contributed by atoms with Gasteiger partial charge in [-0.25, -0.2) is 0 Å². The molecule has 0 aromatic carbocycles. The van der Waals surface area contributed by atoms with Gasteiger partial charge in [-0.15, -0.1) is 0 Å². The second-order valence-corrected chi connectivity index (χ2v) is 4.27. The highest BCUT2D eigenvalue weighted by molar-refractivity contribution is 5.92. The number of hydrogen-bond acceptors (Lipinski definition) is 4. The van der Waals surface area contributed by atoms with Crippen LogP contribution in [0, 0.1) is 5.92 Å². The van der Waals surface area contributed by atoms with E-state index in [9.17, 15) is 9.90 Å².